The van der Waals surface area contributed by atoms with Crippen molar-refractivity contribution in [3.05, 3.63) is 29.8 Å². The topological polar surface area (TPSA) is 50.4 Å². The number of benzene rings is 1. The van der Waals surface area contributed by atoms with Gasteiger partial charge in [-0.05, 0) is 64.7 Å². The Kier molecular flexibility index (Phi) is 5.85. The molecule has 0 unspecified atom stereocenters. The Bertz CT molecular complexity index is 589. The fourth-order valence-corrected chi connectivity index (χ4v) is 2.88. The van der Waals surface area contributed by atoms with Crippen LogP contribution in [-0.2, 0) is 10.9 Å². The third-order valence-electron chi connectivity index (χ3n) is 4.01. The SMILES string of the molecule is CC(C)(C)OC(=O)NC1CCC(Nc2cccc(C(F)(F)F)c2)CC1. The summed E-state index contributed by atoms with van der Waals surface area (Å²) in [6.45, 7) is 5.42. The van der Waals surface area contributed by atoms with E-state index in [0.29, 0.717) is 5.69 Å². The van der Waals surface area contributed by atoms with Crippen molar-refractivity contribution in [2.24, 2.45) is 0 Å². The van der Waals surface area contributed by atoms with Crippen molar-refractivity contribution in [3.8, 4) is 0 Å². The summed E-state index contributed by atoms with van der Waals surface area (Å²) in [5.41, 5.74) is -0.719. The van der Waals surface area contributed by atoms with Gasteiger partial charge in [-0.3, -0.25) is 0 Å². The molecule has 1 aliphatic rings. The van der Waals surface area contributed by atoms with Gasteiger partial charge in [-0.1, -0.05) is 6.07 Å². The summed E-state index contributed by atoms with van der Waals surface area (Å²) >= 11 is 0. The summed E-state index contributed by atoms with van der Waals surface area (Å²) in [6, 6.07) is 5.37. The Morgan fingerprint density at radius 1 is 1.08 bits per heavy atom. The predicted molar refractivity (Wildman–Crippen MR) is 90.5 cm³/mol. The van der Waals surface area contributed by atoms with Crippen LogP contribution in [0.1, 0.15) is 52.0 Å². The molecule has 1 aromatic carbocycles. The van der Waals surface area contributed by atoms with Gasteiger partial charge in [-0.2, -0.15) is 13.2 Å². The lowest BCUT2D eigenvalue weighted by molar-refractivity contribution is -0.137. The van der Waals surface area contributed by atoms with Crippen LogP contribution in [0.25, 0.3) is 0 Å². The number of anilines is 1. The molecule has 7 heteroatoms. The molecule has 25 heavy (non-hydrogen) atoms. The maximum Gasteiger partial charge on any atom is 0.416 e. The molecule has 2 N–H and O–H groups in total. The van der Waals surface area contributed by atoms with E-state index < -0.39 is 23.4 Å². The second kappa shape index (κ2) is 7.54. The summed E-state index contributed by atoms with van der Waals surface area (Å²) in [7, 11) is 0. The number of halogens is 3. The number of carbonyl (C=O) groups is 1. The molecule has 0 spiro atoms. The van der Waals surface area contributed by atoms with Gasteiger partial charge in [-0.15, -0.1) is 0 Å². The van der Waals surface area contributed by atoms with Crippen molar-refractivity contribution < 1.29 is 22.7 Å². The second-order valence-electron chi connectivity index (χ2n) is 7.42. The molecule has 2 rings (SSSR count). The standard InChI is InChI=1S/C18H25F3N2O2/c1-17(2,3)25-16(24)23-14-9-7-13(8-10-14)22-15-6-4-5-12(11-15)18(19,20)21/h4-6,11,13-14,22H,7-10H2,1-3H3,(H,23,24). The lowest BCUT2D eigenvalue weighted by Gasteiger charge is -2.31. The van der Waals surface area contributed by atoms with Crippen LogP contribution in [0.3, 0.4) is 0 Å². The van der Waals surface area contributed by atoms with E-state index in [1.165, 1.54) is 6.07 Å². The van der Waals surface area contributed by atoms with Gasteiger partial charge in [0.15, 0.2) is 0 Å². The van der Waals surface area contributed by atoms with Gasteiger partial charge < -0.3 is 15.4 Å². The zero-order chi connectivity index (χ0) is 18.7. The Hall–Kier alpha value is -1.92. The molecule has 1 amide bonds. The van der Waals surface area contributed by atoms with Crippen molar-refractivity contribution in [2.75, 3.05) is 5.32 Å². The fourth-order valence-electron chi connectivity index (χ4n) is 2.88. The Balaban J connectivity index is 1.82. The quantitative estimate of drug-likeness (QED) is 0.803. The smallest absolute Gasteiger partial charge is 0.416 e. The Morgan fingerprint density at radius 3 is 2.24 bits per heavy atom. The molecule has 1 aliphatic carbocycles. The molecule has 0 atom stereocenters. The summed E-state index contributed by atoms with van der Waals surface area (Å²) < 4.78 is 43.5. The van der Waals surface area contributed by atoms with Gasteiger partial charge in [-0.25, -0.2) is 4.79 Å². The largest absolute Gasteiger partial charge is 0.444 e. The van der Waals surface area contributed by atoms with E-state index in [4.69, 9.17) is 4.74 Å². The number of amides is 1. The van der Waals surface area contributed by atoms with Gasteiger partial charge >= 0.3 is 12.3 Å². The first-order valence-electron chi connectivity index (χ1n) is 8.46. The summed E-state index contributed by atoms with van der Waals surface area (Å²) in [5, 5.41) is 6.01. The number of nitrogens with one attached hydrogen (secondary N) is 2. The molecule has 0 aliphatic heterocycles. The summed E-state index contributed by atoms with van der Waals surface area (Å²) in [5.74, 6) is 0. The molecular weight excluding hydrogens is 333 g/mol. The van der Waals surface area contributed by atoms with Gasteiger partial charge in [0.05, 0.1) is 5.56 Å². The fraction of sp³-hybridized carbons (Fsp3) is 0.611. The van der Waals surface area contributed by atoms with Gasteiger partial charge in [0, 0.05) is 17.8 Å². The maximum absolute atomic E-state index is 12.8. The van der Waals surface area contributed by atoms with Crippen LogP contribution in [0.5, 0.6) is 0 Å². The van der Waals surface area contributed by atoms with Crippen molar-refractivity contribution in [3.63, 3.8) is 0 Å². The van der Waals surface area contributed by atoms with Crippen LogP contribution < -0.4 is 10.6 Å². The maximum atomic E-state index is 12.8. The van der Waals surface area contributed by atoms with E-state index in [-0.39, 0.29) is 12.1 Å². The van der Waals surface area contributed by atoms with Gasteiger partial charge in [0.25, 0.3) is 0 Å². The second-order valence-corrected chi connectivity index (χ2v) is 7.42. The number of alkyl carbamates (subject to hydrolysis) is 1. The highest BCUT2D eigenvalue weighted by molar-refractivity contribution is 5.68. The molecule has 4 nitrogen and oxygen atoms in total. The van der Waals surface area contributed by atoms with Crippen LogP contribution in [-0.4, -0.2) is 23.8 Å². The molecular formula is C18H25F3N2O2. The zero-order valence-corrected chi connectivity index (χ0v) is 14.7. The van der Waals surface area contributed by atoms with E-state index in [9.17, 15) is 18.0 Å². The first kappa shape index (κ1) is 19.4. The molecule has 0 aromatic heterocycles. The normalized spacial score (nSPS) is 21.5. The number of alkyl halides is 3. The van der Waals surface area contributed by atoms with E-state index in [0.717, 1.165) is 37.8 Å². The van der Waals surface area contributed by atoms with E-state index in [1.54, 1.807) is 6.07 Å². The average Bonchev–Trinajstić information content (AvgIpc) is 2.47. The third-order valence-corrected chi connectivity index (χ3v) is 4.01. The molecule has 0 bridgehead atoms. The monoisotopic (exact) mass is 358 g/mol. The average molecular weight is 358 g/mol. The first-order valence-corrected chi connectivity index (χ1v) is 8.46. The lowest BCUT2D eigenvalue weighted by atomic mass is 9.91. The Labute approximate surface area is 146 Å². The molecule has 140 valence electrons. The van der Waals surface area contributed by atoms with Crippen molar-refractivity contribution in [2.45, 2.75) is 70.3 Å². The minimum absolute atomic E-state index is 0.0365. The minimum atomic E-state index is -4.34. The molecule has 1 aromatic rings. The van der Waals surface area contributed by atoms with E-state index in [2.05, 4.69) is 10.6 Å². The number of hydrogen-bond acceptors (Lipinski definition) is 3. The van der Waals surface area contributed by atoms with Crippen LogP contribution in [0.15, 0.2) is 24.3 Å². The molecule has 0 heterocycles. The van der Waals surface area contributed by atoms with E-state index >= 15 is 0 Å². The van der Waals surface area contributed by atoms with Crippen molar-refractivity contribution >= 4 is 11.8 Å². The van der Waals surface area contributed by atoms with Gasteiger partial charge in [0.2, 0.25) is 0 Å². The van der Waals surface area contributed by atoms with Crippen molar-refractivity contribution in [1.29, 1.82) is 0 Å². The highest BCUT2D eigenvalue weighted by atomic mass is 19.4. The third kappa shape index (κ3) is 6.48. The predicted octanol–water partition coefficient (Wildman–Crippen LogP) is 4.95. The lowest BCUT2D eigenvalue weighted by Crippen LogP contribution is -2.42. The highest BCUT2D eigenvalue weighted by Gasteiger charge is 2.31. The van der Waals surface area contributed by atoms with Crippen LogP contribution in [0.2, 0.25) is 0 Å². The first-order chi connectivity index (χ1) is 11.5. The Morgan fingerprint density at radius 2 is 1.68 bits per heavy atom. The van der Waals surface area contributed by atoms with Crippen LogP contribution in [0, 0.1) is 0 Å². The molecule has 0 saturated heterocycles. The minimum Gasteiger partial charge on any atom is -0.444 e. The van der Waals surface area contributed by atoms with Gasteiger partial charge in [0.1, 0.15) is 5.60 Å². The number of carbonyl (C=O) groups excluding carboxylic acids is 1. The van der Waals surface area contributed by atoms with Crippen LogP contribution in [0.4, 0.5) is 23.7 Å². The number of hydrogen-bond donors (Lipinski definition) is 2. The zero-order valence-electron chi connectivity index (χ0n) is 14.7. The summed E-state index contributed by atoms with van der Waals surface area (Å²) in [6.07, 6.45) is -1.70. The summed E-state index contributed by atoms with van der Waals surface area (Å²) in [4.78, 5) is 11.8. The highest BCUT2D eigenvalue weighted by Crippen LogP contribution is 2.31. The van der Waals surface area contributed by atoms with Crippen molar-refractivity contribution in [1.82, 2.24) is 5.32 Å². The molecule has 0 radical (unpaired) electrons. The van der Waals surface area contributed by atoms with Crippen LogP contribution >= 0.6 is 0 Å². The number of rotatable bonds is 3. The van der Waals surface area contributed by atoms with E-state index in [1.807, 2.05) is 20.8 Å². The molecule has 1 saturated carbocycles. The number of ether oxygens (including phenoxy) is 1. The molecule has 1 fully saturated rings.